The van der Waals surface area contributed by atoms with E-state index < -0.39 is 0 Å². The molecule has 4 nitrogen and oxygen atoms in total. The molecule has 0 aliphatic heterocycles. The summed E-state index contributed by atoms with van der Waals surface area (Å²) in [5.41, 5.74) is 4.61. The first kappa shape index (κ1) is 18.2. The number of rotatable bonds is 12. The van der Waals surface area contributed by atoms with Crippen LogP contribution in [0.1, 0.15) is 46.5 Å². The molecule has 0 saturated heterocycles. The van der Waals surface area contributed by atoms with Crippen LogP contribution in [0.5, 0.6) is 0 Å². The highest BCUT2D eigenvalue weighted by molar-refractivity contribution is 4.86. The van der Waals surface area contributed by atoms with Crippen molar-refractivity contribution in [2.45, 2.75) is 58.5 Å². The molecule has 21 heavy (non-hydrogen) atoms. The average molecular weight is 294 g/mol. The van der Waals surface area contributed by atoms with Crippen molar-refractivity contribution in [3.05, 3.63) is 24.9 Å². The smallest absolute Gasteiger partial charge is 0.0689 e. The molecular formula is C17H34N4. The fourth-order valence-electron chi connectivity index (χ4n) is 2.66. The van der Waals surface area contributed by atoms with Gasteiger partial charge in [-0.1, -0.05) is 19.6 Å². The highest BCUT2D eigenvalue weighted by Gasteiger charge is 2.28. The van der Waals surface area contributed by atoms with Gasteiger partial charge in [0.2, 0.25) is 0 Å². The molecule has 0 spiro atoms. The van der Waals surface area contributed by atoms with Crippen LogP contribution < -0.4 is 10.7 Å². The molecule has 2 atom stereocenters. The lowest BCUT2D eigenvalue weighted by Crippen LogP contribution is -2.52. The summed E-state index contributed by atoms with van der Waals surface area (Å²) in [5.74, 6) is 0.865. The molecular weight excluding hydrogens is 260 g/mol. The number of nitrogens with one attached hydrogen (secondary N) is 2. The molecule has 0 heterocycles. The zero-order valence-electron chi connectivity index (χ0n) is 14.4. The van der Waals surface area contributed by atoms with Gasteiger partial charge in [0.25, 0.3) is 0 Å². The maximum atomic E-state index is 3.93. The molecule has 0 amide bonds. The molecule has 0 bridgehead atoms. The molecule has 1 aliphatic rings. The van der Waals surface area contributed by atoms with Crippen molar-refractivity contribution in [3.8, 4) is 0 Å². The van der Waals surface area contributed by atoms with Crippen LogP contribution in [0.25, 0.3) is 0 Å². The molecule has 0 aromatic heterocycles. The lowest BCUT2D eigenvalue weighted by molar-refractivity contribution is 0.0591. The maximum absolute atomic E-state index is 3.93. The van der Waals surface area contributed by atoms with Crippen LogP contribution in [0.3, 0.4) is 0 Å². The van der Waals surface area contributed by atoms with Crippen LogP contribution in [-0.2, 0) is 0 Å². The van der Waals surface area contributed by atoms with Crippen molar-refractivity contribution >= 4 is 0 Å². The van der Waals surface area contributed by atoms with Gasteiger partial charge in [-0.05, 0) is 45.4 Å². The quantitative estimate of drug-likeness (QED) is 0.329. The van der Waals surface area contributed by atoms with E-state index >= 15 is 0 Å². The van der Waals surface area contributed by atoms with Crippen molar-refractivity contribution < 1.29 is 0 Å². The molecule has 1 fully saturated rings. The summed E-state index contributed by atoms with van der Waals surface area (Å²) in [5, 5.41) is 5.57. The molecule has 0 aromatic rings. The van der Waals surface area contributed by atoms with Crippen LogP contribution in [0, 0.1) is 5.92 Å². The molecule has 1 rings (SSSR count). The molecule has 0 aromatic carbocycles. The second-order valence-electron chi connectivity index (χ2n) is 6.38. The summed E-state index contributed by atoms with van der Waals surface area (Å²) in [4.78, 5) is 2.45. The fourth-order valence-corrected chi connectivity index (χ4v) is 2.66. The summed E-state index contributed by atoms with van der Waals surface area (Å²) < 4.78 is 0. The summed E-state index contributed by atoms with van der Waals surface area (Å²) in [7, 11) is 2.13. The van der Waals surface area contributed by atoms with Gasteiger partial charge in [0.05, 0.1) is 13.3 Å². The highest BCUT2D eigenvalue weighted by atomic mass is 15.6. The Bertz CT molecular complexity index is 325. The minimum absolute atomic E-state index is 0.509. The zero-order valence-corrected chi connectivity index (χ0v) is 14.4. The Morgan fingerprint density at radius 2 is 2.10 bits per heavy atom. The standard InChI is InChI=1S/C17H34N4/c1-7-9-17(8-2)21(12-18-14(3)4)13-20(6)19-15(5)16-10-11-16/h7,15-19H,1,3,8-13H2,2,4-6H3. The Labute approximate surface area is 131 Å². The summed E-state index contributed by atoms with van der Waals surface area (Å²) in [6.45, 7) is 16.1. The molecule has 2 unspecified atom stereocenters. The van der Waals surface area contributed by atoms with Gasteiger partial charge >= 0.3 is 0 Å². The monoisotopic (exact) mass is 294 g/mol. The van der Waals surface area contributed by atoms with Crippen molar-refractivity contribution in [2.75, 3.05) is 20.4 Å². The topological polar surface area (TPSA) is 30.5 Å². The van der Waals surface area contributed by atoms with E-state index in [-0.39, 0.29) is 0 Å². The molecule has 2 N–H and O–H groups in total. The van der Waals surface area contributed by atoms with Crippen LogP contribution in [0.4, 0.5) is 0 Å². The van der Waals surface area contributed by atoms with E-state index in [0.29, 0.717) is 12.1 Å². The Balaban J connectivity index is 2.51. The van der Waals surface area contributed by atoms with Crippen LogP contribution in [0.2, 0.25) is 0 Å². The molecule has 1 aliphatic carbocycles. The van der Waals surface area contributed by atoms with Gasteiger partial charge in [0.1, 0.15) is 0 Å². The Hall–Kier alpha value is -0.840. The van der Waals surface area contributed by atoms with Crippen LogP contribution >= 0.6 is 0 Å². The predicted molar refractivity (Wildman–Crippen MR) is 91.5 cm³/mol. The largest absolute Gasteiger partial charge is 0.376 e. The minimum atomic E-state index is 0.509. The third kappa shape index (κ3) is 7.11. The third-order valence-electron chi connectivity index (χ3n) is 4.16. The van der Waals surface area contributed by atoms with Gasteiger partial charge in [-0.15, -0.1) is 6.58 Å². The van der Waals surface area contributed by atoms with E-state index in [4.69, 9.17) is 0 Å². The number of nitrogens with zero attached hydrogens (tertiary/aromatic N) is 2. The van der Waals surface area contributed by atoms with Crippen molar-refractivity contribution in [1.29, 1.82) is 0 Å². The Morgan fingerprint density at radius 1 is 1.43 bits per heavy atom. The Kier molecular flexibility index (Phi) is 8.01. The average Bonchev–Trinajstić information content (AvgIpc) is 3.25. The van der Waals surface area contributed by atoms with Crippen molar-refractivity contribution in [3.63, 3.8) is 0 Å². The van der Waals surface area contributed by atoms with E-state index in [9.17, 15) is 0 Å². The lowest BCUT2D eigenvalue weighted by Gasteiger charge is -2.35. The molecule has 1 saturated carbocycles. The van der Waals surface area contributed by atoms with E-state index in [2.05, 4.69) is 54.7 Å². The van der Waals surface area contributed by atoms with Crippen molar-refractivity contribution in [1.82, 2.24) is 20.7 Å². The zero-order chi connectivity index (χ0) is 15.8. The summed E-state index contributed by atoms with van der Waals surface area (Å²) in [6.07, 6.45) is 6.90. The first-order chi connectivity index (χ1) is 9.97. The number of hydrazine groups is 1. The van der Waals surface area contributed by atoms with Gasteiger partial charge in [-0.3, -0.25) is 10.3 Å². The SMILES string of the molecule is C=CCC(CC)N(CNC(=C)C)CN(C)NC(C)C1CC1. The van der Waals surface area contributed by atoms with Gasteiger partial charge in [0.15, 0.2) is 0 Å². The van der Waals surface area contributed by atoms with Gasteiger partial charge in [-0.2, -0.15) is 0 Å². The van der Waals surface area contributed by atoms with Gasteiger partial charge in [-0.25, -0.2) is 5.01 Å². The third-order valence-corrected chi connectivity index (χ3v) is 4.16. The normalized spacial score (nSPS) is 17.8. The molecule has 0 radical (unpaired) electrons. The van der Waals surface area contributed by atoms with E-state index in [1.54, 1.807) is 0 Å². The second-order valence-corrected chi connectivity index (χ2v) is 6.38. The van der Waals surface area contributed by atoms with E-state index in [0.717, 1.165) is 37.8 Å². The minimum Gasteiger partial charge on any atom is -0.376 e. The number of hydrogen-bond acceptors (Lipinski definition) is 4. The number of hydrogen-bond donors (Lipinski definition) is 2. The van der Waals surface area contributed by atoms with E-state index in [1.165, 1.54) is 12.8 Å². The van der Waals surface area contributed by atoms with Crippen LogP contribution in [-0.4, -0.2) is 42.4 Å². The summed E-state index contributed by atoms with van der Waals surface area (Å²) >= 11 is 0. The maximum Gasteiger partial charge on any atom is 0.0689 e. The molecule has 122 valence electrons. The first-order valence-electron chi connectivity index (χ1n) is 8.19. The molecule has 4 heteroatoms. The number of allylic oxidation sites excluding steroid dienone is 1. The van der Waals surface area contributed by atoms with Crippen LogP contribution in [0.15, 0.2) is 24.9 Å². The van der Waals surface area contributed by atoms with E-state index in [1.807, 2.05) is 13.0 Å². The van der Waals surface area contributed by atoms with Gasteiger partial charge in [0, 0.05) is 24.8 Å². The van der Waals surface area contributed by atoms with Gasteiger partial charge < -0.3 is 5.32 Å². The Morgan fingerprint density at radius 3 is 2.57 bits per heavy atom. The van der Waals surface area contributed by atoms with Crippen molar-refractivity contribution in [2.24, 2.45) is 5.92 Å². The second kappa shape index (κ2) is 9.23. The first-order valence-corrected chi connectivity index (χ1v) is 8.19. The highest BCUT2D eigenvalue weighted by Crippen LogP contribution is 2.32. The fraction of sp³-hybridized carbons (Fsp3) is 0.765. The predicted octanol–water partition coefficient (Wildman–Crippen LogP) is 2.92. The lowest BCUT2D eigenvalue weighted by atomic mass is 10.1. The summed E-state index contributed by atoms with van der Waals surface area (Å²) in [6, 6.07) is 1.08.